The molecule has 2 aromatic carbocycles. The molecule has 1 radical (unpaired) electrons. The zero-order chi connectivity index (χ0) is 19.5. The minimum atomic E-state index is 0. The van der Waals surface area contributed by atoms with E-state index in [0.717, 1.165) is 0 Å². The molecule has 0 spiro atoms. The van der Waals surface area contributed by atoms with Gasteiger partial charge in [-0.2, -0.15) is 0 Å². The molecule has 0 fully saturated rings. The van der Waals surface area contributed by atoms with Gasteiger partial charge in [0.2, 0.25) is 0 Å². The molecule has 0 atom stereocenters. The second kappa shape index (κ2) is 7.76. The van der Waals surface area contributed by atoms with Crippen LogP contribution in [0.15, 0.2) is 6.20 Å². The van der Waals surface area contributed by atoms with Crippen molar-refractivity contribution in [1.29, 1.82) is 0 Å². The number of aryl methyl sites for hydroxylation is 3. The first-order valence-corrected chi connectivity index (χ1v) is 9.55. The number of hydrogen-bond acceptors (Lipinski definition) is 0. The summed E-state index contributed by atoms with van der Waals surface area (Å²) in [5.41, 5.74) is 16.8. The predicted octanol–water partition coefficient (Wildman–Crippen LogP) is 6.55. The molecule has 0 unspecified atom stereocenters. The zero-order valence-electron chi connectivity index (χ0n) is 18.7. The molecule has 0 amide bonds. The van der Waals surface area contributed by atoms with E-state index in [1.807, 2.05) is 0 Å². The van der Waals surface area contributed by atoms with Crippen LogP contribution in [0.5, 0.6) is 0 Å². The largest absolute Gasteiger partial charge is 0.388 e. The van der Waals surface area contributed by atoms with E-state index in [4.69, 9.17) is 0 Å². The van der Waals surface area contributed by atoms with E-state index < -0.39 is 0 Å². The van der Waals surface area contributed by atoms with Gasteiger partial charge in [0.05, 0.1) is 0 Å². The van der Waals surface area contributed by atoms with Crippen molar-refractivity contribution in [3.8, 4) is 0 Å². The topological polar surface area (TPSA) is 4.93 Å². The number of fused-ring (bicyclic) bond motifs is 1. The Bertz CT molecular complexity index is 1020. The summed E-state index contributed by atoms with van der Waals surface area (Å²) >= 11 is 0. The SMILES string of the molecule is Cc1c(C)c(C)c([CH-]c2cn(C)c3c(C)c(C)c(C)c(C)c23)c(C)c1C.[Y]. The van der Waals surface area contributed by atoms with Gasteiger partial charge < -0.3 is 4.57 Å². The summed E-state index contributed by atoms with van der Waals surface area (Å²) < 4.78 is 2.30. The third-order valence-corrected chi connectivity index (χ3v) is 6.99. The van der Waals surface area contributed by atoms with Gasteiger partial charge in [0, 0.05) is 45.3 Å². The van der Waals surface area contributed by atoms with Crippen LogP contribution in [0.4, 0.5) is 0 Å². The van der Waals surface area contributed by atoms with E-state index in [0.29, 0.717) is 0 Å². The normalized spacial score (nSPS) is 11.0. The quantitative estimate of drug-likeness (QED) is 0.402. The Morgan fingerprint density at radius 2 is 1.00 bits per heavy atom. The number of nitrogens with zero attached hydrogens (tertiary/aromatic N) is 1. The summed E-state index contributed by atoms with van der Waals surface area (Å²) in [4.78, 5) is 0. The van der Waals surface area contributed by atoms with Crippen LogP contribution in [-0.4, -0.2) is 4.57 Å². The Balaban J connectivity index is 0.00000261. The molecule has 141 valence electrons. The van der Waals surface area contributed by atoms with Crippen molar-refractivity contribution < 1.29 is 32.7 Å². The molecular formula is C25H32NY-. The van der Waals surface area contributed by atoms with Crippen molar-refractivity contribution >= 4 is 10.9 Å². The van der Waals surface area contributed by atoms with Crippen LogP contribution >= 0.6 is 0 Å². The van der Waals surface area contributed by atoms with Gasteiger partial charge in [0.25, 0.3) is 0 Å². The van der Waals surface area contributed by atoms with Crippen LogP contribution in [-0.2, 0) is 39.8 Å². The Kier molecular flexibility index (Phi) is 6.39. The Morgan fingerprint density at radius 3 is 1.52 bits per heavy atom. The summed E-state index contributed by atoms with van der Waals surface area (Å²) in [6.07, 6.45) is 4.71. The fraction of sp³-hybridized carbons (Fsp3) is 0.400. The Morgan fingerprint density at radius 1 is 0.593 bits per heavy atom. The predicted molar refractivity (Wildman–Crippen MR) is 114 cm³/mol. The van der Waals surface area contributed by atoms with E-state index in [1.165, 1.54) is 72.1 Å². The molecule has 0 N–H and O–H groups in total. The Labute approximate surface area is 190 Å². The van der Waals surface area contributed by atoms with Gasteiger partial charge in [0.15, 0.2) is 0 Å². The second-order valence-electron chi connectivity index (χ2n) is 8.10. The molecule has 2 heteroatoms. The first-order chi connectivity index (χ1) is 12.1. The summed E-state index contributed by atoms with van der Waals surface area (Å²) in [7, 11) is 2.17. The van der Waals surface area contributed by atoms with Gasteiger partial charge in [0.1, 0.15) is 0 Å². The third kappa shape index (κ3) is 3.32. The van der Waals surface area contributed by atoms with Gasteiger partial charge in [-0.05, 0) is 59.6 Å². The van der Waals surface area contributed by atoms with Crippen LogP contribution < -0.4 is 0 Å². The van der Waals surface area contributed by atoms with Crippen LogP contribution in [0.1, 0.15) is 61.2 Å². The maximum Gasteiger partial charge on any atom is 0.0107 e. The number of benzene rings is 2. The molecule has 1 aromatic heterocycles. The van der Waals surface area contributed by atoms with Crippen LogP contribution in [0, 0.1) is 68.7 Å². The molecule has 0 aliphatic heterocycles. The second-order valence-corrected chi connectivity index (χ2v) is 8.10. The van der Waals surface area contributed by atoms with E-state index in [-0.39, 0.29) is 32.7 Å². The first kappa shape index (κ1) is 22.2. The molecule has 0 aliphatic rings. The average molecular weight is 435 g/mol. The van der Waals surface area contributed by atoms with Gasteiger partial charge >= 0.3 is 0 Å². The zero-order valence-corrected chi connectivity index (χ0v) is 21.5. The molecule has 0 bridgehead atoms. The van der Waals surface area contributed by atoms with E-state index in [9.17, 15) is 0 Å². The third-order valence-electron chi connectivity index (χ3n) is 6.99. The van der Waals surface area contributed by atoms with Crippen molar-refractivity contribution in [2.45, 2.75) is 62.3 Å². The standard InChI is InChI=1S/C25H32N.Y/c1-13-14(2)18(6)23(19(7)15(13)3)11-22-12-26(10)25-21(9)17(5)16(4)20(8)24(22)25;/h11-12H,1-10H3;/q-1;. The van der Waals surface area contributed by atoms with Crippen LogP contribution in [0.3, 0.4) is 0 Å². The van der Waals surface area contributed by atoms with Crippen molar-refractivity contribution in [3.63, 3.8) is 0 Å². The molecule has 0 saturated heterocycles. The fourth-order valence-corrected chi connectivity index (χ4v) is 4.43. The minimum Gasteiger partial charge on any atom is -0.388 e. The van der Waals surface area contributed by atoms with Crippen LogP contribution in [0.2, 0.25) is 0 Å². The molecular weight excluding hydrogens is 403 g/mol. The van der Waals surface area contributed by atoms with E-state index in [2.05, 4.69) is 86.5 Å². The molecule has 27 heavy (non-hydrogen) atoms. The van der Waals surface area contributed by atoms with Gasteiger partial charge in [-0.25, -0.2) is 0 Å². The van der Waals surface area contributed by atoms with Crippen molar-refractivity contribution in [2.24, 2.45) is 7.05 Å². The fourth-order valence-electron chi connectivity index (χ4n) is 4.43. The van der Waals surface area contributed by atoms with Crippen LogP contribution in [0.25, 0.3) is 10.9 Å². The van der Waals surface area contributed by atoms with Crippen molar-refractivity contribution in [3.05, 3.63) is 73.8 Å². The van der Waals surface area contributed by atoms with Gasteiger partial charge in [-0.3, -0.25) is 0 Å². The summed E-state index contributed by atoms with van der Waals surface area (Å²) in [6, 6.07) is 0. The Hall–Kier alpha value is -1.05. The van der Waals surface area contributed by atoms with Crippen molar-refractivity contribution in [1.82, 2.24) is 4.57 Å². The monoisotopic (exact) mass is 435 g/mol. The van der Waals surface area contributed by atoms with E-state index in [1.54, 1.807) is 0 Å². The summed E-state index contributed by atoms with van der Waals surface area (Å²) in [5, 5.41) is 1.41. The minimum absolute atomic E-state index is 0. The maximum atomic E-state index is 2.41. The van der Waals surface area contributed by atoms with Gasteiger partial charge in [-0.15, -0.1) is 23.1 Å². The number of rotatable bonds is 2. The molecule has 3 rings (SSSR count). The van der Waals surface area contributed by atoms with Gasteiger partial charge in [-0.1, -0.05) is 58.8 Å². The summed E-state index contributed by atoms with van der Waals surface area (Å²) in [5.74, 6) is 0. The molecule has 1 heterocycles. The number of aromatic nitrogens is 1. The van der Waals surface area contributed by atoms with E-state index >= 15 is 0 Å². The molecule has 0 aliphatic carbocycles. The maximum absolute atomic E-state index is 2.41. The number of hydrogen-bond donors (Lipinski definition) is 0. The van der Waals surface area contributed by atoms with Crippen molar-refractivity contribution in [2.75, 3.05) is 0 Å². The first-order valence-electron chi connectivity index (χ1n) is 9.55. The molecule has 1 nitrogen and oxygen atoms in total. The molecule has 0 saturated carbocycles. The molecule has 3 aromatic rings. The average Bonchev–Trinajstić information content (AvgIpc) is 2.94. The smallest absolute Gasteiger partial charge is 0.0107 e. The summed E-state index contributed by atoms with van der Waals surface area (Å²) in [6.45, 7) is 20.3.